The SMILES string of the molecule is Ic1cnc(Nc2ccc3c(c2)CCC3)nc1. The van der Waals surface area contributed by atoms with Crippen molar-refractivity contribution in [2.45, 2.75) is 19.3 Å². The van der Waals surface area contributed by atoms with Crippen molar-refractivity contribution >= 4 is 34.2 Å². The summed E-state index contributed by atoms with van der Waals surface area (Å²) in [5.74, 6) is 0.656. The fourth-order valence-electron chi connectivity index (χ4n) is 2.16. The highest BCUT2D eigenvalue weighted by atomic mass is 127. The third-order valence-electron chi connectivity index (χ3n) is 2.97. The Morgan fingerprint density at radius 3 is 2.65 bits per heavy atom. The molecule has 0 bridgehead atoms. The van der Waals surface area contributed by atoms with Gasteiger partial charge in [0.1, 0.15) is 0 Å². The van der Waals surface area contributed by atoms with Gasteiger partial charge in [-0.3, -0.25) is 0 Å². The molecule has 0 unspecified atom stereocenters. The van der Waals surface area contributed by atoms with E-state index in [1.807, 2.05) is 12.4 Å². The van der Waals surface area contributed by atoms with Crippen molar-refractivity contribution in [3.05, 3.63) is 45.3 Å². The highest BCUT2D eigenvalue weighted by Gasteiger charge is 2.10. The first-order valence-electron chi connectivity index (χ1n) is 5.68. The van der Waals surface area contributed by atoms with Crippen molar-refractivity contribution < 1.29 is 0 Å². The lowest BCUT2D eigenvalue weighted by Crippen LogP contribution is -1.97. The standard InChI is InChI=1S/C13H12IN3/c14-11-7-15-13(16-8-11)17-12-5-4-9-2-1-3-10(9)6-12/h4-8H,1-3H2,(H,15,16,17). The predicted molar refractivity (Wildman–Crippen MR) is 76.5 cm³/mol. The van der Waals surface area contributed by atoms with Gasteiger partial charge in [0.25, 0.3) is 0 Å². The molecule has 1 aromatic carbocycles. The molecule has 1 aliphatic carbocycles. The molecule has 0 spiro atoms. The van der Waals surface area contributed by atoms with E-state index in [0.717, 1.165) is 9.26 Å². The van der Waals surface area contributed by atoms with Crippen LogP contribution in [0, 0.1) is 3.57 Å². The monoisotopic (exact) mass is 337 g/mol. The molecule has 0 amide bonds. The van der Waals surface area contributed by atoms with E-state index in [1.54, 1.807) is 0 Å². The molecule has 3 rings (SSSR count). The molecule has 86 valence electrons. The first-order chi connectivity index (χ1) is 8.31. The Bertz CT molecular complexity index is 537. The molecule has 17 heavy (non-hydrogen) atoms. The van der Waals surface area contributed by atoms with Crippen LogP contribution in [0.3, 0.4) is 0 Å². The van der Waals surface area contributed by atoms with Crippen LogP contribution in [0.15, 0.2) is 30.6 Å². The number of anilines is 2. The van der Waals surface area contributed by atoms with Crippen LogP contribution in [0.4, 0.5) is 11.6 Å². The fraction of sp³-hybridized carbons (Fsp3) is 0.231. The Kier molecular flexibility index (Phi) is 2.96. The highest BCUT2D eigenvalue weighted by Crippen LogP contribution is 2.25. The Morgan fingerprint density at radius 1 is 1.06 bits per heavy atom. The van der Waals surface area contributed by atoms with Gasteiger partial charge in [-0.15, -0.1) is 0 Å². The van der Waals surface area contributed by atoms with E-state index in [0.29, 0.717) is 5.95 Å². The van der Waals surface area contributed by atoms with Crippen LogP contribution in [0.25, 0.3) is 0 Å². The quantitative estimate of drug-likeness (QED) is 0.855. The van der Waals surface area contributed by atoms with Crippen molar-refractivity contribution in [3.63, 3.8) is 0 Å². The molecule has 0 fully saturated rings. The summed E-state index contributed by atoms with van der Waals surface area (Å²) >= 11 is 2.20. The van der Waals surface area contributed by atoms with Crippen LogP contribution in [0.2, 0.25) is 0 Å². The summed E-state index contributed by atoms with van der Waals surface area (Å²) < 4.78 is 1.04. The van der Waals surface area contributed by atoms with Crippen LogP contribution in [0.5, 0.6) is 0 Å². The smallest absolute Gasteiger partial charge is 0.227 e. The van der Waals surface area contributed by atoms with E-state index < -0.39 is 0 Å². The highest BCUT2D eigenvalue weighted by molar-refractivity contribution is 14.1. The molecule has 3 nitrogen and oxygen atoms in total. The van der Waals surface area contributed by atoms with E-state index in [-0.39, 0.29) is 0 Å². The number of aromatic nitrogens is 2. The Hall–Kier alpha value is -1.17. The number of halogens is 1. The van der Waals surface area contributed by atoms with Crippen LogP contribution in [0.1, 0.15) is 17.5 Å². The van der Waals surface area contributed by atoms with Gasteiger partial charge >= 0.3 is 0 Å². The van der Waals surface area contributed by atoms with E-state index in [1.165, 1.54) is 30.4 Å². The minimum absolute atomic E-state index is 0.656. The van der Waals surface area contributed by atoms with Gasteiger partial charge in [0, 0.05) is 21.7 Å². The number of nitrogens with one attached hydrogen (secondary N) is 1. The minimum atomic E-state index is 0.656. The van der Waals surface area contributed by atoms with Gasteiger partial charge in [-0.25, -0.2) is 9.97 Å². The Morgan fingerprint density at radius 2 is 1.82 bits per heavy atom. The lowest BCUT2D eigenvalue weighted by atomic mass is 10.1. The molecule has 0 saturated carbocycles. The number of hydrogen-bond donors (Lipinski definition) is 1. The summed E-state index contributed by atoms with van der Waals surface area (Å²) in [5.41, 5.74) is 4.02. The van der Waals surface area contributed by atoms with E-state index in [4.69, 9.17) is 0 Å². The number of rotatable bonds is 2. The Labute approximate surface area is 114 Å². The Balaban J connectivity index is 1.83. The van der Waals surface area contributed by atoms with Crippen molar-refractivity contribution in [2.24, 2.45) is 0 Å². The van der Waals surface area contributed by atoms with Gasteiger partial charge in [0.05, 0.1) is 0 Å². The topological polar surface area (TPSA) is 37.8 Å². The molecular weight excluding hydrogens is 325 g/mol. The first kappa shape index (κ1) is 11.0. The van der Waals surface area contributed by atoms with Gasteiger partial charge in [0.15, 0.2) is 0 Å². The zero-order valence-electron chi connectivity index (χ0n) is 9.28. The summed E-state index contributed by atoms with van der Waals surface area (Å²) in [6.45, 7) is 0. The van der Waals surface area contributed by atoms with Gasteiger partial charge < -0.3 is 5.32 Å². The van der Waals surface area contributed by atoms with E-state index in [9.17, 15) is 0 Å². The second-order valence-electron chi connectivity index (χ2n) is 4.19. The maximum Gasteiger partial charge on any atom is 0.227 e. The third kappa shape index (κ3) is 2.41. The second-order valence-corrected chi connectivity index (χ2v) is 5.43. The molecular formula is C13H12IN3. The lowest BCUT2D eigenvalue weighted by molar-refractivity contribution is 0.912. The zero-order chi connectivity index (χ0) is 11.7. The predicted octanol–water partition coefficient (Wildman–Crippen LogP) is 3.31. The maximum atomic E-state index is 4.24. The van der Waals surface area contributed by atoms with Crippen LogP contribution < -0.4 is 5.32 Å². The largest absolute Gasteiger partial charge is 0.324 e. The molecule has 1 heterocycles. The summed E-state index contributed by atoms with van der Waals surface area (Å²) in [6, 6.07) is 6.52. The molecule has 1 aliphatic rings. The van der Waals surface area contributed by atoms with E-state index >= 15 is 0 Å². The normalized spacial score (nSPS) is 13.5. The summed E-state index contributed by atoms with van der Waals surface area (Å²) in [5, 5.41) is 3.24. The average molecular weight is 337 g/mol. The molecule has 4 heteroatoms. The molecule has 0 saturated heterocycles. The molecule has 0 radical (unpaired) electrons. The summed E-state index contributed by atoms with van der Waals surface area (Å²) in [6.07, 6.45) is 7.30. The van der Waals surface area contributed by atoms with Crippen LogP contribution >= 0.6 is 22.6 Å². The first-order valence-corrected chi connectivity index (χ1v) is 6.75. The maximum absolute atomic E-state index is 4.24. The summed E-state index contributed by atoms with van der Waals surface area (Å²) in [4.78, 5) is 8.47. The third-order valence-corrected chi connectivity index (χ3v) is 3.53. The van der Waals surface area contributed by atoms with Crippen molar-refractivity contribution in [3.8, 4) is 0 Å². The van der Waals surface area contributed by atoms with E-state index in [2.05, 4.69) is 56.1 Å². The van der Waals surface area contributed by atoms with Gasteiger partial charge in [-0.05, 0) is 65.1 Å². The van der Waals surface area contributed by atoms with Gasteiger partial charge in [0.2, 0.25) is 5.95 Å². The number of aryl methyl sites for hydroxylation is 2. The second kappa shape index (κ2) is 4.60. The van der Waals surface area contributed by atoms with Gasteiger partial charge in [-0.1, -0.05) is 6.07 Å². The lowest BCUT2D eigenvalue weighted by Gasteiger charge is -2.06. The number of nitrogens with zero attached hydrogens (tertiary/aromatic N) is 2. The molecule has 2 aromatic rings. The summed E-state index contributed by atoms with van der Waals surface area (Å²) in [7, 11) is 0. The average Bonchev–Trinajstić information content (AvgIpc) is 2.79. The number of benzene rings is 1. The fourth-order valence-corrected chi connectivity index (χ4v) is 2.43. The molecule has 1 aromatic heterocycles. The molecule has 0 atom stereocenters. The van der Waals surface area contributed by atoms with Crippen LogP contribution in [-0.4, -0.2) is 9.97 Å². The minimum Gasteiger partial charge on any atom is -0.324 e. The van der Waals surface area contributed by atoms with Crippen LogP contribution in [-0.2, 0) is 12.8 Å². The molecule has 0 aliphatic heterocycles. The number of hydrogen-bond acceptors (Lipinski definition) is 3. The van der Waals surface area contributed by atoms with Gasteiger partial charge in [-0.2, -0.15) is 0 Å². The van der Waals surface area contributed by atoms with Crippen molar-refractivity contribution in [1.29, 1.82) is 0 Å². The number of fused-ring (bicyclic) bond motifs is 1. The zero-order valence-corrected chi connectivity index (χ0v) is 11.4. The van der Waals surface area contributed by atoms with Crippen molar-refractivity contribution in [2.75, 3.05) is 5.32 Å². The molecule has 1 N–H and O–H groups in total. The van der Waals surface area contributed by atoms with Crippen molar-refractivity contribution in [1.82, 2.24) is 9.97 Å².